The van der Waals surface area contributed by atoms with Gasteiger partial charge in [0.15, 0.2) is 0 Å². The zero-order valence-corrected chi connectivity index (χ0v) is 16.6. The van der Waals surface area contributed by atoms with Crippen LogP contribution in [0.1, 0.15) is 36.7 Å². The van der Waals surface area contributed by atoms with Crippen molar-refractivity contribution in [2.24, 2.45) is 0 Å². The molecule has 1 aliphatic rings. The van der Waals surface area contributed by atoms with Crippen LogP contribution in [0.5, 0.6) is 5.75 Å². The second-order valence-electron chi connectivity index (χ2n) is 7.12. The summed E-state index contributed by atoms with van der Waals surface area (Å²) in [7, 11) is 1.60. The van der Waals surface area contributed by atoms with Crippen molar-refractivity contribution in [3.63, 3.8) is 0 Å². The van der Waals surface area contributed by atoms with Gasteiger partial charge in [-0.05, 0) is 50.5 Å². The average Bonchev–Trinajstić information content (AvgIpc) is 3.25. The largest absolute Gasteiger partial charge is 0.497 e. The van der Waals surface area contributed by atoms with Crippen LogP contribution < -0.4 is 15.0 Å². The number of carbonyl (C=O) groups excluding carboxylic acids is 1. The van der Waals surface area contributed by atoms with E-state index in [4.69, 9.17) is 4.74 Å². The molecular weight excluding hydrogens is 368 g/mol. The predicted molar refractivity (Wildman–Crippen MR) is 111 cm³/mol. The number of carbonyl (C=O) groups is 1. The molecule has 3 aromatic rings. The number of methoxy groups -OCH3 is 1. The molecule has 8 heteroatoms. The van der Waals surface area contributed by atoms with Crippen LogP contribution in [0.3, 0.4) is 0 Å². The first-order valence-corrected chi connectivity index (χ1v) is 9.72. The van der Waals surface area contributed by atoms with E-state index in [2.05, 4.69) is 32.1 Å². The summed E-state index contributed by atoms with van der Waals surface area (Å²) in [5.41, 5.74) is 0.987. The number of nitrogens with zero attached hydrogens (tertiary/aromatic N) is 5. The van der Waals surface area contributed by atoms with Gasteiger partial charge in [0.05, 0.1) is 7.11 Å². The number of imidazole rings is 1. The second-order valence-corrected chi connectivity index (χ2v) is 7.12. The number of benzene rings is 1. The van der Waals surface area contributed by atoms with Crippen molar-refractivity contribution in [1.82, 2.24) is 19.5 Å². The summed E-state index contributed by atoms with van der Waals surface area (Å²) in [5, 5.41) is 2.83. The highest BCUT2D eigenvalue weighted by molar-refractivity contribution is 6.02. The molecule has 0 spiro atoms. The van der Waals surface area contributed by atoms with Gasteiger partial charge < -0.3 is 15.0 Å². The molecule has 0 radical (unpaired) electrons. The third kappa shape index (κ3) is 4.21. The van der Waals surface area contributed by atoms with Crippen LogP contribution in [-0.2, 0) is 0 Å². The fraction of sp³-hybridized carbons (Fsp3) is 0.333. The fourth-order valence-corrected chi connectivity index (χ4v) is 3.51. The van der Waals surface area contributed by atoms with E-state index in [9.17, 15) is 4.79 Å². The summed E-state index contributed by atoms with van der Waals surface area (Å²) in [6.07, 6.45) is 8.41. The Morgan fingerprint density at radius 1 is 1.14 bits per heavy atom. The summed E-state index contributed by atoms with van der Waals surface area (Å²) >= 11 is 0. The van der Waals surface area contributed by atoms with Crippen LogP contribution in [-0.4, -0.2) is 45.1 Å². The second kappa shape index (κ2) is 8.30. The normalized spacial score (nSPS) is 16.5. The van der Waals surface area contributed by atoms with Gasteiger partial charge in [-0.2, -0.15) is 0 Å². The van der Waals surface area contributed by atoms with E-state index in [0.29, 0.717) is 23.2 Å². The Labute approximate surface area is 169 Å². The number of amides is 1. The van der Waals surface area contributed by atoms with Crippen molar-refractivity contribution >= 4 is 17.4 Å². The van der Waals surface area contributed by atoms with E-state index in [0.717, 1.165) is 18.1 Å². The maximum atomic E-state index is 12.5. The molecule has 1 atom stereocenters. The Morgan fingerprint density at radius 3 is 2.69 bits per heavy atom. The smallest absolute Gasteiger partial charge is 0.275 e. The first kappa shape index (κ1) is 18.9. The molecule has 0 bridgehead atoms. The Bertz CT molecular complexity index is 985. The molecule has 3 heterocycles. The summed E-state index contributed by atoms with van der Waals surface area (Å²) in [5.74, 6) is 2.03. The SMILES string of the molecule is COc1ccc(NC(=O)c2cn(-c3cc(N4CCCCC4C)ncn3)cn2)cc1. The van der Waals surface area contributed by atoms with Crippen LogP contribution in [0, 0.1) is 0 Å². The molecule has 1 amide bonds. The lowest BCUT2D eigenvalue weighted by molar-refractivity contribution is 0.102. The minimum Gasteiger partial charge on any atom is -0.497 e. The van der Waals surface area contributed by atoms with E-state index in [1.54, 1.807) is 54.8 Å². The maximum Gasteiger partial charge on any atom is 0.275 e. The summed E-state index contributed by atoms with van der Waals surface area (Å²) in [4.78, 5) is 27.8. The van der Waals surface area contributed by atoms with Crippen molar-refractivity contribution in [1.29, 1.82) is 0 Å². The summed E-state index contributed by atoms with van der Waals surface area (Å²) in [6, 6.07) is 9.54. The monoisotopic (exact) mass is 392 g/mol. The molecule has 4 rings (SSSR count). The van der Waals surface area contributed by atoms with Crippen molar-refractivity contribution in [2.75, 3.05) is 23.9 Å². The fourth-order valence-electron chi connectivity index (χ4n) is 3.51. The van der Waals surface area contributed by atoms with Gasteiger partial charge in [-0.25, -0.2) is 15.0 Å². The van der Waals surface area contributed by atoms with E-state index >= 15 is 0 Å². The molecule has 1 saturated heterocycles. The molecule has 1 unspecified atom stereocenters. The highest BCUT2D eigenvalue weighted by Gasteiger charge is 2.20. The van der Waals surface area contributed by atoms with Crippen LogP contribution >= 0.6 is 0 Å². The number of hydrogen-bond donors (Lipinski definition) is 1. The van der Waals surface area contributed by atoms with Crippen molar-refractivity contribution in [2.45, 2.75) is 32.2 Å². The molecule has 0 aliphatic carbocycles. The van der Waals surface area contributed by atoms with Crippen molar-refractivity contribution in [3.05, 3.63) is 54.9 Å². The topological polar surface area (TPSA) is 85.2 Å². The van der Waals surface area contributed by atoms with Gasteiger partial charge >= 0.3 is 0 Å². The van der Waals surface area contributed by atoms with Gasteiger partial charge in [-0.15, -0.1) is 0 Å². The Morgan fingerprint density at radius 2 is 1.93 bits per heavy atom. The first-order valence-electron chi connectivity index (χ1n) is 9.72. The Hall–Kier alpha value is -3.42. The van der Waals surface area contributed by atoms with Crippen LogP contribution in [0.4, 0.5) is 11.5 Å². The Kier molecular flexibility index (Phi) is 5.41. The van der Waals surface area contributed by atoms with Crippen molar-refractivity contribution < 1.29 is 9.53 Å². The predicted octanol–water partition coefficient (Wildman–Crippen LogP) is 3.30. The van der Waals surface area contributed by atoms with Gasteiger partial charge in [-0.1, -0.05) is 0 Å². The van der Waals surface area contributed by atoms with E-state index < -0.39 is 0 Å². The van der Waals surface area contributed by atoms with Crippen LogP contribution in [0.25, 0.3) is 5.82 Å². The number of rotatable bonds is 5. The molecule has 150 valence electrons. The first-order chi connectivity index (χ1) is 14.1. The number of hydrogen-bond acceptors (Lipinski definition) is 6. The van der Waals surface area contributed by atoms with E-state index in [1.807, 2.05) is 6.07 Å². The average molecular weight is 392 g/mol. The lowest BCUT2D eigenvalue weighted by Gasteiger charge is -2.34. The highest BCUT2D eigenvalue weighted by Crippen LogP contribution is 2.23. The number of anilines is 2. The van der Waals surface area contributed by atoms with Crippen LogP contribution in [0.15, 0.2) is 49.2 Å². The molecule has 1 aliphatic heterocycles. The number of piperidine rings is 1. The third-order valence-electron chi connectivity index (χ3n) is 5.16. The maximum absolute atomic E-state index is 12.5. The van der Waals surface area contributed by atoms with Crippen molar-refractivity contribution in [3.8, 4) is 11.6 Å². The number of aromatic nitrogens is 4. The molecule has 0 saturated carbocycles. The van der Waals surface area contributed by atoms with Gasteiger partial charge in [0.1, 0.15) is 35.7 Å². The quantitative estimate of drug-likeness (QED) is 0.717. The third-order valence-corrected chi connectivity index (χ3v) is 5.16. The zero-order valence-electron chi connectivity index (χ0n) is 16.6. The minimum atomic E-state index is -0.284. The highest BCUT2D eigenvalue weighted by atomic mass is 16.5. The summed E-state index contributed by atoms with van der Waals surface area (Å²) < 4.78 is 6.87. The standard InChI is InChI=1S/C21H24N6O2/c1-15-5-3-4-10-27(15)20-11-19(22-13-23-20)26-12-18(24-14-26)21(28)25-16-6-8-17(29-2)9-7-16/h6-9,11-15H,3-5,10H2,1-2H3,(H,25,28). The minimum absolute atomic E-state index is 0.284. The molecular formula is C21H24N6O2. The lowest BCUT2D eigenvalue weighted by Crippen LogP contribution is -2.38. The summed E-state index contributed by atoms with van der Waals surface area (Å²) in [6.45, 7) is 3.22. The number of ether oxygens (including phenoxy) is 1. The molecule has 1 aromatic carbocycles. The zero-order chi connectivity index (χ0) is 20.2. The Balaban J connectivity index is 1.49. The lowest BCUT2D eigenvalue weighted by atomic mass is 10.0. The molecule has 1 N–H and O–H groups in total. The van der Waals surface area contributed by atoms with Gasteiger partial charge in [0, 0.05) is 30.5 Å². The van der Waals surface area contributed by atoms with Gasteiger partial charge in [-0.3, -0.25) is 9.36 Å². The molecule has 2 aromatic heterocycles. The van der Waals surface area contributed by atoms with Crippen LogP contribution in [0.2, 0.25) is 0 Å². The van der Waals surface area contributed by atoms with Gasteiger partial charge in [0.25, 0.3) is 5.91 Å². The number of nitrogens with one attached hydrogen (secondary N) is 1. The molecule has 8 nitrogen and oxygen atoms in total. The van der Waals surface area contributed by atoms with E-state index in [-0.39, 0.29) is 5.91 Å². The van der Waals surface area contributed by atoms with E-state index in [1.165, 1.54) is 19.3 Å². The molecule has 1 fully saturated rings. The molecule has 29 heavy (non-hydrogen) atoms. The van der Waals surface area contributed by atoms with Gasteiger partial charge in [0.2, 0.25) is 0 Å².